The van der Waals surface area contributed by atoms with Gasteiger partial charge in [0, 0.05) is 17.7 Å². The lowest BCUT2D eigenvalue weighted by molar-refractivity contribution is -0.384. The second kappa shape index (κ2) is 7.57. The van der Waals surface area contributed by atoms with Gasteiger partial charge in [0.05, 0.1) is 21.7 Å². The fourth-order valence-electron chi connectivity index (χ4n) is 2.52. The fraction of sp³-hybridized carbons (Fsp3) is 0. The number of rotatable bonds is 5. The van der Waals surface area contributed by atoms with E-state index in [9.17, 15) is 24.1 Å². The number of halogens is 1. The topological polar surface area (TPSA) is 89.3 Å². The van der Waals surface area contributed by atoms with Crippen molar-refractivity contribution < 1.29 is 18.9 Å². The van der Waals surface area contributed by atoms with Crippen LogP contribution < -0.4 is 5.32 Å². The van der Waals surface area contributed by atoms with Crippen LogP contribution in [0.4, 0.5) is 15.8 Å². The van der Waals surface area contributed by atoms with Gasteiger partial charge in [-0.1, -0.05) is 42.5 Å². The first-order chi connectivity index (χ1) is 13.0. The van der Waals surface area contributed by atoms with E-state index in [-0.39, 0.29) is 22.5 Å². The molecule has 0 aliphatic heterocycles. The van der Waals surface area contributed by atoms with Crippen LogP contribution in [0.3, 0.4) is 0 Å². The zero-order chi connectivity index (χ0) is 19.4. The van der Waals surface area contributed by atoms with Crippen molar-refractivity contribution in [1.82, 2.24) is 0 Å². The summed E-state index contributed by atoms with van der Waals surface area (Å²) in [6.45, 7) is 0. The fourth-order valence-corrected chi connectivity index (χ4v) is 2.52. The van der Waals surface area contributed by atoms with Crippen LogP contribution in [-0.2, 0) is 0 Å². The lowest BCUT2D eigenvalue weighted by Crippen LogP contribution is -2.16. The van der Waals surface area contributed by atoms with Gasteiger partial charge < -0.3 is 5.32 Å². The summed E-state index contributed by atoms with van der Waals surface area (Å²) < 4.78 is 13.8. The molecular formula is C20H13FN2O4. The number of hydrogen-bond donors (Lipinski definition) is 1. The van der Waals surface area contributed by atoms with E-state index >= 15 is 0 Å². The molecule has 1 amide bonds. The molecule has 0 saturated heterocycles. The van der Waals surface area contributed by atoms with Crippen LogP contribution in [0.2, 0.25) is 0 Å². The highest BCUT2D eigenvalue weighted by Crippen LogP contribution is 2.25. The predicted molar refractivity (Wildman–Crippen MR) is 97.3 cm³/mol. The maximum absolute atomic E-state index is 13.8. The van der Waals surface area contributed by atoms with Gasteiger partial charge in [0.2, 0.25) is 0 Å². The molecule has 0 aliphatic rings. The summed E-state index contributed by atoms with van der Waals surface area (Å²) in [5.74, 6) is -1.97. The molecular weight excluding hydrogens is 351 g/mol. The third-order valence-corrected chi connectivity index (χ3v) is 3.86. The van der Waals surface area contributed by atoms with E-state index in [1.807, 2.05) is 0 Å². The van der Waals surface area contributed by atoms with Crippen LogP contribution in [-0.4, -0.2) is 16.6 Å². The number of non-ortho nitro benzene ring substituents is 1. The van der Waals surface area contributed by atoms with Gasteiger partial charge in [-0.25, -0.2) is 4.39 Å². The molecule has 0 atom stereocenters. The van der Waals surface area contributed by atoms with Gasteiger partial charge in [0.25, 0.3) is 11.6 Å². The standard InChI is InChI=1S/C20H13FN2O4/c21-17-9-5-4-8-15(17)20(25)22-18-11-10-14(23(26)27)12-16(18)19(24)13-6-2-1-3-7-13/h1-12H,(H,22,25). The Labute approximate surface area is 153 Å². The Bertz CT molecular complexity index is 1040. The van der Waals surface area contributed by atoms with Crippen LogP contribution >= 0.6 is 0 Å². The lowest BCUT2D eigenvalue weighted by atomic mass is 10.0. The molecule has 0 radical (unpaired) electrons. The van der Waals surface area contributed by atoms with Crippen molar-refractivity contribution >= 4 is 23.1 Å². The van der Waals surface area contributed by atoms with E-state index in [0.29, 0.717) is 5.56 Å². The van der Waals surface area contributed by atoms with Crippen LogP contribution in [0.25, 0.3) is 0 Å². The SMILES string of the molecule is O=C(Nc1ccc([N+](=O)[O-])cc1C(=O)c1ccccc1)c1ccccc1F. The highest BCUT2D eigenvalue weighted by atomic mass is 19.1. The van der Waals surface area contributed by atoms with Crippen LogP contribution in [0.5, 0.6) is 0 Å². The molecule has 3 aromatic carbocycles. The zero-order valence-corrected chi connectivity index (χ0v) is 13.9. The quantitative estimate of drug-likeness (QED) is 0.417. The van der Waals surface area contributed by atoms with Gasteiger partial charge in [-0.3, -0.25) is 19.7 Å². The summed E-state index contributed by atoms with van der Waals surface area (Å²) in [4.78, 5) is 35.6. The smallest absolute Gasteiger partial charge is 0.270 e. The molecule has 0 aliphatic carbocycles. The van der Waals surface area contributed by atoms with E-state index < -0.39 is 22.4 Å². The maximum atomic E-state index is 13.8. The van der Waals surface area contributed by atoms with E-state index in [1.54, 1.807) is 30.3 Å². The third-order valence-electron chi connectivity index (χ3n) is 3.86. The summed E-state index contributed by atoms with van der Waals surface area (Å²) in [7, 11) is 0. The third kappa shape index (κ3) is 3.87. The number of hydrogen-bond acceptors (Lipinski definition) is 4. The predicted octanol–water partition coefficient (Wildman–Crippen LogP) is 4.22. The van der Waals surface area contributed by atoms with Gasteiger partial charge in [0.1, 0.15) is 5.82 Å². The van der Waals surface area contributed by atoms with Crippen LogP contribution in [0.1, 0.15) is 26.3 Å². The largest absolute Gasteiger partial charge is 0.321 e. The molecule has 0 aromatic heterocycles. The summed E-state index contributed by atoms with van der Waals surface area (Å²) in [5, 5.41) is 13.5. The lowest BCUT2D eigenvalue weighted by Gasteiger charge is -2.11. The highest BCUT2D eigenvalue weighted by molar-refractivity contribution is 6.15. The summed E-state index contributed by atoms with van der Waals surface area (Å²) in [6, 6.07) is 17.1. The molecule has 0 bridgehead atoms. The monoisotopic (exact) mass is 364 g/mol. The second-order valence-corrected chi connectivity index (χ2v) is 5.62. The summed E-state index contributed by atoms with van der Waals surface area (Å²) >= 11 is 0. The number of nitro benzene ring substituents is 1. The molecule has 0 fully saturated rings. The minimum absolute atomic E-state index is 0.0555. The van der Waals surface area contributed by atoms with Crippen LogP contribution in [0, 0.1) is 15.9 Å². The van der Waals surface area contributed by atoms with Crippen molar-refractivity contribution in [1.29, 1.82) is 0 Å². The van der Waals surface area contributed by atoms with Gasteiger partial charge in [-0.15, -0.1) is 0 Å². The molecule has 134 valence electrons. The number of nitrogens with zero attached hydrogens (tertiary/aromatic N) is 1. The average molecular weight is 364 g/mol. The molecule has 0 saturated carbocycles. The number of amides is 1. The van der Waals surface area contributed by atoms with Crippen molar-refractivity contribution in [2.24, 2.45) is 0 Å². The van der Waals surface area contributed by atoms with Crippen LogP contribution in [0.15, 0.2) is 72.8 Å². The first-order valence-corrected chi connectivity index (χ1v) is 7.91. The summed E-state index contributed by atoms with van der Waals surface area (Å²) in [6.07, 6.45) is 0. The zero-order valence-electron chi connectivity index (χ0n) is 13.9. The van der Waals surface area contributed by atoms with E-state index in [0.717, 1.165) is 12.1 Å². The van der Waals surface area contributed by atoms with Crippen molar-refractivity contribution in [3.8, 4) is 0 Å². The number of anilines is 1. The Morgan fingerprint density at radius 2 is 1.56 bits per heavy atom. The first kappa shape index (κ1) is 17.9. The Hall–Kier alpha value is -3.87. The molecule has 7 heteroatoms. The Balaban J connectivity index is 2.02. The highest BCUT2D eigenvalue weighted by Gasteiger charge is 2.20. The number of benzene rings is 3. The maximum Gasteiger partial charge on any atom is 0.270 e. The van der Waals surface area contributed by atoms with Gasteiger partial charge in [-0.05, 0) is 18.2 Å². The van der Waals surface area contributed by atoms with Gasteiger partial charge in [0.15, 0.2) is 5.78 Å². The Morgan fingerprint density at radius 3 is 2.22 bits per heavy atom. The molecule has 27 heavy (non-hydrogen) atoms. The van der Waals surface area contributed by atoms with E-state index in [1.165, 1.54) is 30.3 Å². The van der Waals surface area contributed by atoms with E-state index in [2.05, 4.69) is 5.32 Å². The molecule has 3 rings (SSSR count). The van der Waals surface area contributed by atoms with E-state index in [4.69, 9.17) is 0 Å². The number of nitro groups is 1. The molecule has 0 heterocycles. The minimum atomic E-state index is -0.760. The Kier molecular flexibility index (Phi) is 5.03. The summed E-state index contributed by atoms with van der Waals surface area (Å²) in [5.41, 5.74) is -0.186. The van der Waals surface area contributed by atoms with Crippen molar-refractivity contribution in [3.05, 3.63) is 105 Å². The first-order valence-electron chi connectivity index (χ1n) is 7.91. The average Bonchev–Trinajstić information content (AvgIpc) is 2.68. The molecule has 0 spiro atoms. The van der Waals surface area contributed by atoms with Crippen molar-refractivity contribution in [2.75, 3.05) is 5.32 Å². The molecule has 0 unspecified atom stereocenters. The second-order valence-electron chi connectivity index (χ2n) is 5.62. The molecule has 1 N–H and O–H groups in total. The van der Waals surface area contributed by atoms with Crippen molar-refractivity contribution in [3.63, 3.8) is 0 Å². The van der Waals surface area contributed by atoms with Gasteiger partial charge in [-0.2, -0.15) is 0 Å². The number of carbonyl (C=O) groups excluding carboxylic acids is 2. The molecule has 3 aromatic rings. The van der Waals surface area contributed by atoms with Gasteiger partial charge >= 0.3 is 0 Å². The van der Waals surface area contributed by atoms with Crippen molar-refractivity contribution in [2.45, 2.75) is 0 Å². The molecule has 6 nitrogen and oxygen atoms in total. The normalized spacial score (nSPS) is 10.3. The number of ketones is 1. The Morgan fingerprint density at radius 1 is 0.889 bits per heavy atom. The number of nitrogens with one attached hydrogen (secondary N) is 1. The minimum Gasteiger partial charge on any atom is -0.321 e. The number of carbonyl (C=O) groups is 2.